The van der Waals surface area contributed by atoms with Gasteiger partial charge in [0.15, 0.2) is 6.10 Å². The van der Waals surface area contributed by atoms with E-state index in [0.29, 0.717) is 11.6 Å². The Bertz CT molecular complexity index is 920. The van der Waals surface area contributed by atoms with E-state index in [1.54, 1.807) is 17.8 Å². The molecule has 1 N–H and O–H groups in total. The summed E-state index contributed by atoms with van der Waals surface area (Å²) in [5, 5.41) is 11.9. The van der Waals surface area contributed by atoms with E-state index in [1.807, 2.05) is 54.9 Å². The smallest absolute Gasteiger partial charge is 0.261 e. The molecular weight excluding hydrogens is 366 g/mol. The van der Waals surface area contributed by atoms with Gasteiger partial charge in [0.05, 0.1) is 29.8 Å². The highest BCUT2D eigenvalue weighted by Gasteiger charge is 2.19. The van der Waals surface area contributed by atoms with Crippen LogP contribution in [0.25, 0.3) is 5.69 Å². The molecule has 0 aliphatic rings. The number of aromatic nitrogens is 4. The fourth-order valence-electron chi connectivity index (χ4n) is 2.69. The molecule has 0 fully saturated rings. The summed E-state index contributed by atoms with van der Waals surface area (Å²) < 4.78 is 9.14. The monoisotopic (exact) mass is 387 g/mol. The van der Waals surface area contributed by atoms with Crippen molar-refractivity contribution >= 4 is 17.5 Å². The molecule has 0 saturated heterocycles. The van der Waals surface area contributed by atoms with Crippen molar-refractivity contribution in [1.82, 2.24) is 24.9 Å². The molecule has 2 aromatic heterocycles. The minimum absolute atomic E-state index is 0.220. The van der Waals surface area contributed by atoms with Gasteiger partial charge in [0.1, 0.15) is 5.02 Å². The standard InChI is InChI=1S/C19H22ClN5O2/c1-4-24-16(10-13(2)22-24)11-21-18(26)14(3)27-19-17(20)12-25(23-19)15-8-6-5-7-9-15/h5-10,12,14H,4,11H2,1-3H3,(H,21,26). The van der Waals surface area contributed by atoms with Gasteiger partial charge >= 0.3 is 0 Å². The van der Waals surface area contributed by atoms with Gasteiger partial charge in [-0.2, -0.15) is 5.10 Å². The Morgan fingerprint density at radius 3 is 2.74 bits per heavy atom. The van der Waals surface area contributed by atoms with Crippen LogP contribution in [-0.2, 0) is 17.9 Å². The van der Waals surface area contributed by atoms with Crippen molar-refractivity contribution in [2.75, 3.05) is 0 Å². The van der Waals surface area contributed by atoms with E-state index in [2.05, 4.69) is 15.5 Å². The molecule has 0 radical (unpaired) electrons. The zero-order chi connectivity index (χ0) is 19.4. The Hall–Kier alpha value is -2.80. The molecular formula is C19H22ClN5O2. The number of amides is 1. The number of nitrogens with zero attached hydrogens (tertiary/aromatic N) is 4. The van der Waals surface area contributed by atoms with Gasteiger partial charge in [0.2, 0.25) is 0 Å². The third-order valence-corrected chi connectivity index (χ3v) is 4.30. The predicted octanol–water partition coefficient (Wildman–Crippen LogP) is 3.13. The van der Waals surface area contributed by atoms with Crippen LogP contribution in [0.15, 0.2) is 42.6 Å². The maximum Gasteiger partial charge on any atom is 0.261 e. The van der Waals surface area contributed by atoms with Crippen molar-refractivity contribution in [3.63, 3.8) is 0 Å². The van der Waals surface area contributed by atoms with Crippen molar-refractivity contribution < 1.29 is 9.53 Å². The van der Waals surface area contributed by atoms with Gasteiger partial charge in [-0.15, -0.1) is 5.10 Å². The first-order chi connectivity index (χ1) is 13.0. The second-order valence-corrected chi connectivity index (χ2v) is 6.54. The molecule has 1 aromatic carbocycles. The summed E-state index contributed by atoms with van der Waals surface area (Å²) >= 11 is 6.21. The van der Waals surface area contributed by atoms with Crippen molar-refractivity contribution in [1.29, 1.82) is 0 Å². The Balaban J connectivity index is 1.62. The lowest BCUT2D eigenvalue weighted by Crippen LogP contribution is -2.36. The molecule has 3 rings (SSSR count). The second kappa shape index (κ2) is 8.26. The number of hydrogen-bond acceptors (Lipinski definition) is 4. The van der Waals surface area contributed by atoms with E-state index in [9.17, 15) is 4.79 Å². The molecule has 27 heavy (non-hydrogen) atoms. The van der Waals surface area contributed by atoms with Crippen LogP contribution in [0.3, 0.4) is 0 Å². The maximum absolute atomic E-state index is 12.4. The van der Waals surface area contributed by atoms with Gasteiger partial charge in [-0.05, 0) is 39.0 Å². The van der Waals surface area contributed by atoms with Gasteiger partial charge in [-0.3, -0.25) is 9.48 Å². The summed E-state index contributed by atoms with van der Waals surface area (Å²) in [6, 6.07) is 11.5. The summed E-state index contributed by atoms with van der Waals surface area (Å²) in [5.74, 6) is -0.0283. The predicted molar refractivity (Wildman–Crippen MR) is 103 cm³/mol. The molecule has 1 atom stereocenters. The molecule has 0 aliphatic heterocycles. The lowest BCUT2D eigenvalue weighted by atomic mass is 10.3. The Morgan fingerprint density at radius 2 is 2.04 bits per heavy atom. The number of hydrogen-bond donors (Lipinski definition) is 1. The van der Waals surface area contributed by atoms with Crippen LogP contribution in [0.2, 0.25) is 5.02 Å². The lowest BCUT2D eigenvalue weighted by Gasteiger charge is -2.13. The number of carbonyl (C=O) groups is 1. The molecule has 0 aliphatic carbocycles. The average molecular weight is 388 g/mol. The number of rotatable bonds is 7. The fraction of sp³-hybridized carbons (Fsp3) is 0.316. The molecule has 142 valence electrons. The van der Waals surface area contributed by atoms with Crippen molar-refractivity contribution in [2.45, 2.75) is 40.0 Å². The lowest BCUT2D eigenvalue weighted by molar-refractivity contribution is -0.127. The van der Waals surface area contributed by atoms with Crippen LogP contribution in [0.5, 0.6) is 5.88 Å². The Labute approximate surface area is 162 Å². The summed E-state index contributed by atoms with van der Waals surface area (Å²) in [7, 11) is 0. The number of benzene rings is 1. The molecule has 0 spiro atoms. The zero-order valence-corrected chi connectivity index (χ0v) is 16.3. The minimum atomic E-state index is -0.735. The summed E-state index contributed by atoms with van der Waals surface area (Å²) in [5.41, 5.74) is 2.72. The summed E-state index contributed by atoms with van der Waals surface area (Å²) in [6.07, 6.45) is 0.917. The highest BCUT2D eigenvalue weighted by Crippen LogP contribution is 2.25. The van der Waals surface area contributed by atoms with E-state index in [4.69, 9.17) is 16.3 Å². The third-order valence-electron chi connectivity index (χ3n) is 4.05. The highest BCUT2D eigenvalue weighted by molar-refractivity contribution is 6.31. The van der Waals surface area contributed by atoms with Gasteiger partial charge in [-0.25, -0.2) is 4.68 Å². The number of aryl methyl sites for hydroxylation is 2. The van der Waals surface area contributed by atoms with Crippen molar-refractivity contribution in [3.8, 4) is 11.6 Å². The fourth-order valence-corrected chi connectivity index (χ4v) is 2.86. The van der Waals surface area contributed by atoms with Crippen LogP contribution in [-0.4, -0.2) is 31.6 Å². The molecule has 8 heteroatoms. The van der Waals surface area contributed by atoms with E-state index >= 15 is 0 Å². The number of ether oxygens (including phenoxy) is 1. The van der Waals surface area contributed by atoms with E-state index in [-0.39, 0.29) is 11.8 Å². The second-order valence-electron chi connectivity index (χ2n) is 6.13. The van der Waals surface area contributed by atoms with Crippen LogP contribution < -0.4 is 10.1 Å². The highest BCUT2D eigenvalue weighted by atomic mass is 35.5. The van der Waals surface area contributed by atoms with Crippen LogP contribution in [0.1, 0.15) is 25.2 Å². The topological polar surface area (TPSA) is 74.0 Å². The summed E-state index contributed by atoms with van der Waals surface area (Å²) in [4.78, 5) is 12.4. The largest absolute Gasteiger partial charge is 0.462 e. The van der Waals surface area contributed by atoms with Crippen LogP contribution in [0, 0.1) is 6.92 Å². The van der Waals surface area contributed by atoms with E-state index in [0.717, 1.165) is 23.6 Å². The van der Waals surface area contributed by atoms with Crippen molar-refractivity contribution in [2.24, 2.45) is 0 Å². The number of halogens is 1. The average Bonchev–Trinajstić information content (AvgIpc) is 3.22. The SMILES string of the molecule is CCn1nc(C)cc1CNC(=O)C(C)Oc1nn(-c2ccccc2)cc1Cl. The number of para-hydroxylation sites is 1. The molecule has 3 aromatic rings. The number of carbonyl (C=O) groups excluding carboxylic acids is 1. The molecule has 1 amide bonds. The molecule has 0 saturated carbocycles. The normalized spacial score (nSPS) is 12.0. The van der Waals surface area contributed by atoms with Crippen molar-refractivity contribution in [3.05, 3.63) is 59.0 Å². The van der Waals surface area contributed by atoms with Crippen LogP contribution >= 0.6 is 11.6 Å². The zero-order valence-electron chi connectivity index (χ0n) is 15.5. The first-order valence-corrected chi connectivity index (χ1v) is 9.14. The third kappa shape index (κ3) is 4.49. The number of nitrogens with one attached hydrogen (secondary N) is 1. The maximum atomic E-state index is 12.4. The van der Waals surface area contributed by atoms with Gasteiger partial charge in [0, 0.05) is 6.54 Å². The Morgan fingerprint density at radius 1 is 1.30 bits per heavy atom. The first kappa shape index (κ1) is 19.0. The molecule has 0 bridgehead atoms. The van der Waals surface area contributed by atoms with Gasteiger partial charge in [-0.1, -0.05) is 29.8 Å². The van der Waals surface area contributed by atoms with E-state index in [1.165, 1.54) is 0 Å². The quantitative estimate of drug-likeness (QED) is 0.675. The van der Waals surface area contributed by atoms with Gasteiger partial charge < -0.3 is 10.1 Å². The van der Waals surface area contributed by atoms with Crippen LogP contribution in [0.4, 0.5) is 0 Å². The Kier molecular flexibility index (Phi) is 5.81. The van der Waals surface area contributed by atoms with E-state index < -0.39 is 6.10 Å². The molecule has 1 unspecified atom stereocenters. The minimum Gasteiger partial charge on any atom is -0.462 e. The summed E-state index contributed by atoms with van der Waals surface area (Å²) in [6.45, 7) is 6.73. The molecule has 2 heterocycles. The first-order valence-electron chi connectivity index (χ1n) is 8.76. The molecule has 7 nitrogen and oxygen atoms in total. The van der Waals surface area contributed by atoms with Gasteiger partial charge in [0.25, 0.3) is 11.8 Å².